The first-order valence-electron chi connectivity index (χ1n) is 8.93. The van der Waals surface area contributed by atoms with E-state index in [0.29, 0.717) is 0 Å². The molecule has 1 amide bonds. The molecule has 25 heavy (non-hydrogen) atoms. The number of carbonyl (C=O) groups excluding carboxylic acids is 1. The second-order valence-corrected chi connectivity index (χ2v) is 6.57. The van der Waals surface area contributed by atoms with Crippen molar-refractivity contribution >= 4 is 11.5 Å². The highest BCUT2D eigenvalue weighted by atomic mass is 16.5. The number of hydrogen-bond acceptors (Lipinski definition) is 4. The van der Waals surface area contributed by atoms with Crippen LogP contribution in [0.1, 0.15) is 18.9 Å². The van der Waals surface area contributed by atoms with Crippen LogP contribution in [0.15, 0.2) is 42.5 Å². The van der Waals surface area contributed by atoms with Crippen molar-refractivity contribution in [1.29, 1.82) is 0 Å². The number of hydrogen-bond donors (Lipinski definition) is 2. The van der Waals surface area contributed by atoms with Crippen LogP contribution in [0, 0.1) is 5.92 Å². The molecule has 1 fully saturated rings. The smallest absolute Gasteiger partial charge is 0.242 e. The summed E-state index contributed by atoms with van der Waals surface area (Å²) in [5.41, 5.74) is 7.35. The van der Waals surface area contributed by atoms with Crippen LogP contribution in [-0.2, 0) is 4.79 Å². The van der Waals surface area contributed by atoms with Crippen LogP contribution >= 0.6 is 0 Å². The molecule has 2 atom stereocenters. The predicted molar refractivity (Wildman–Crippen MR) is 100 cm³/mol. The van der Waals surface area contributed by atoms with E-state index in [-0.39, 0.29) is 11.8 Å². The van der Waals surface area contributed by atoms with Crippen LogP contribution in [0.2, 0.25) is 0 Å². The van der Waals surface area contributed by atoms with Crippen LogP contribution in [0.3, 0.4) is 0 Å². The number of ether oxygens (including phenoxy) is 1. The number of primary amides is 1. The van der Waals surface area contributed by atoms with Gasteiger partial charge in [0, 0.05) is 37.7 Å². The quantitative estimate of drug-likeness (QED) is 0.857. The molecule has 1 aliphatic carbocycles. The standard InChI is InChI=1S/C20H27N3O2/c1-3-17-15(16-7-4-5-9-18(16)25-2)8-6-10-20(17,19(21)24)23-13-11-22-12-14-23/h4-10,17,22H,3,11-14H2,1-2H3,(H2,21,24). The van der Waals surface area contributed by atoms with Gasteiger partial charge in [-0.25, -0.2) is 0 Å². The molecule has 2 aliphatic rings. The van der Waals surface area contributed by atoms with Crippen molar-refractivity contribution in [3.63, 3.8) is 0 Å². The highest BCUT2D eigenvalue weighted by Gasteiger charge is 2.49. The number of nitrogens with two attached hydrogens (primary N) is 1. The van der Waals surface area contributed by atoms with Gasteiger partial charge in [-0.1, -0.05) is 43.4 Å². The highest BCUT2D eigenvalue weighted by Crippen LogP contribution is 2.44. The van der Waals surface area contributed by atoms with Gasteiger partial charge < -0.3 is 15.8 Å². The second kappa shape index (κ2) is 7.42. The number of benzene rings is 1. The van der Waals surface area contributed by atoms with Gasteiger partial charge in [0.2, 0.25) is 5.91 Å². The normalized spacial score (nSPS) is 27.0. The summed E-state index contributed by atoms with van der Waals surface area (Å²) < 4.78 is 5.56. The van der Waals surface area contributed by atoms with Crippen molar-refractivity contribution in [2.24, 2.45) is 11.7 Å². The molecule has 0 spiro atoms. The first-order chi connectivity index (χ1) is 12.1. The number of allylic oxidation sites excluding steroid dienone is 2. The fourth-order valence-electron chi connectivity index (χ4n) is 4.23. The average Bonchev–Trinajstić information content (AvgIpc) is 2.67. The van der Waals surface area contributed by atoms with Crippen molar-refractivity contribution in [1.82, 2.24) is 10.2 Å². The minimum Gasteiger partial charge on any atom is -0.496 e. The van der Waals surface area contributed by atoms with Gasteiger partial charge in [0.15, 0.2) is 0 Å². The van der Waals surface area contributed by atoms with Crippen molar-refractivity contribution in [2.45, 2.75) is 18.9 Å². The van der Waals surface area contributed by atoms with Crippen molar-refractivity contribution in [3.05, 3.63) is 48.1 Å². The first-order valence-corrected chi connectivity index (χ1v) is 8.93. The molecule has 134 valence electrons. The molecule has 0 bridgehead atoms. The molecule has 3 N–H and O–H groups in total. The molecule has 5 heteroatoms. The number of rotatable bonds is 5. The Morgan fingerprint density at radius 2 is 2.08 bits per heavy atom. The van der Waals surface area contributed by atoms with E-state index in [4.69, 9.17) is 10.5 Å². The maximum atomic E-state index is 12.7. The second-order valence-electron chi connectivity index (χ2n) is 6.57. The van der Waals surface area contributed by atoms with Gasteiger partial charge in [-0.05, 0) is 18.1 Å². The van der Waals surface area contributed by atoms with Crippen LogP contribution < -0.4 is 15.8 Å². The van der Waals surface area contributed by atoms with E-state index in [2.05, 4.69) is 29.3 Å². The fourth-order valence-corrected chi connectivity index (χ4v) is 4.23. The zero-order valence-corrected chi connectivity index (χ0v) is 15.0. The molecule has 2 unspecified atom stereocenters. The molecule has 0 saturated carbocycles. The monoisotopic (exact) mass is 341 g/mol. The van der Waals surface area contributed by atoms with Gasteiger partial charge in [-0.2, -0.15) is 0 Å². The Morgan fingerprint density at radius 3 is 2.72 bits per heavy atom. The van der Waals surface area contributed by atoms with Gasteiger partial charge in [0.25, 0.3) is 0 Å². The Bertz CT molecular complexity index is 692. The molecule has 1 heterocycles. The van der Waals surface area contributed by atoms with E-state index in [1.165, 1.54) is 0 Å². The summed E-state index contributed by atoms with van der Waals surface area (Å²) in [6.45, 7) is 5.47. The summed E-state index contributed by atoms with van der Waals surface area (Å²) in [7, 11) is 1.68. The number of amides is 1. The minimum atomic E-state index is -0.790. The summed E-state index contributed by atoms with van der Waals surface area (Å²) in [4.78, 5) is 15.0. The molecule has 0 radical (unpaired) electrons. The zero-order valence-electron chi connectivity index (χ0n) is 15.0. The first kappa shape index (κ1) is 17.7. The molecule has 1 aromatic carbocycles. The van der Waals surface area contributed by atoms with E-state index < -0.39 is 5.54 Å². The Kier molecular flexibility index (Phi) is 5.25. The molecular formula is C20H27N3O2. The van der Waals surface area contributed by atoms with Gasteiger partial charge >= 0.3 is 0 Å². The Labute approximate surface area is 149 Å². The van der Waals surface area contributed by atoms with E-state index in [1.54, 1.807) is 7.11 Å². The van der Waals surface area contributed by atoms with Crippen molar-refractivity contribution in [2.75, 3.05) is 33.3 Å². The van der Waals surface area contributed by atoms with E-state index in [0.717, 1.165) is 49.5 Å². The number of carbonyl (C=O) groups is 1. The number of nitrogens with zero attached hydrogens (tertiary/aromatic N) is 1. The number of methoxy groups -OCH3 is 1. The lowest BCUT2D eigenvalue weighted by molar-refractivity contribution is -0.130. The van der Waals surface area contributed by atoms with E-state index in [1.807, 2.05) is 30.4 Å². The molecule has 1 aliphatic heterocycles. The van der Waals surface area contributed by atoms with Gasteiger partial charge in [-0.3, -0.25) is 9.69 Å². The van der Waals surface area contributed by atoms with Crippen molar-refractivity contribution in [3.8, 4) is 5.75 Å². The topological polar surface area (TPSA) is 67.6 Å². The maximum absolute atomic E-state index is 12.7. The van der Waals surface area contributed by atoms with Gasteiger partial charge in [-0.15, -0.1) is 0 Å². The molecule has 0 aromatic heterocycles. The molecule has 1 saturated heterocycles. The number of nitrogens with one attached hydrogen (secondary N) is 1. The molecule has 3 rings (SSSR count). The van der Waals surface area contributed by atoms with Crippen LogP contribution in [0.25, 0.3) is 5.57 Å². The highest BCUT2D eigenvalue weighted by molar-refractivity contribution is 5.93. The number of para-hydroxylation sites is 1. The lowest BCUT2D eigenvalue weighted by atomic mass is 9.70. The third-order valence-corrected chi connectivity index (χ3v) is 5.39. The van der Waals surface area contributed by atoms with Gasteiger partial charge in [0.05, 0.1) is 7.11 Å². The third kappa shape index (κ3) is 2.98. The van der Waals surface area contributed by atoms with Crippen molar-refractivity contribution < 1.29 is 9.53 Å². The fraction of sp³-hybridized carbons (Fsp3) is 0.450. The Morgan fingerprint density at radius 1 is 1.36 bits per heavy atom. The maximum Gasteiger partial charge on any atom is 0.242 e. The molecular weight excluding hydrogens is 314 g/mol. The third-order valence-electron chi connectivity index (χ3n) is 5.39. The zero-order chi connectivity index (χ0) is 17.9. The van der Waals surface area contributed by atoms with Gasteiger partial charge in [0.1, 0.15) is 11.3 Å². The summed E-state index contributed by atoms with van der Waals surface area (Å²) in [6.07, 6.45) is 6.88. The Hall–Kier alpha value is -2.11. The summed E-state index contributed by atoms with van der Waals surface area (Å²) in [5, 5.41) is 3.35. The molecule has 1 aromatic rings. The minimum absolute atomic E-state index is 0.00981. The SMILES string of the molecule is CCC1C(c2ccccc2OC)=CC=CC1(C(N)=O)N1CCNCC1. The van der Waals surface area contributed by atoms with Crippen LogP contribution in [-0.4, -0.2) is 49.6 Å². The molecule has 5 nitrogen and oxygen atoms in total. The van der Waals surface area contributed by atoms with Crippen LogP contribution in [0.4, 0.5) is 0 Å². The average molecular weight is 341 g/mol. The number of piperazine rings is 1. The Balaban J connectivity index is 2.09. The van der Waals surface area contributed by atoms with E-state index in [9.17, 15) is 4.79 Å². The van der Waals surface area contributed by atoms with Crippen LogP contribution in [0.5, 0.6) is 5.75 Å². The largest absolute Gasteiger partial charge is 0.496 e. The van der Waals surface area contributed by atoms with E-state index >= 15 is 0 Å². The summed E-state index contributed by atoms with van der Waals surface area (Å²) in [5.74, 6) is 0.531. The summed E-state index contributed by atoms with van der Waals surface area (Å²) in [6, 6.07) is 7.97. The predicted octanol–water partition coefficient (Wildman–Crippen LogP) is 1.80. The summed E-state index contributed by atoms with van der Waals surface area (Å²) >= 11 is 0. The lowest BCUT2D eigenvalue weighted by Crippen LogP contribution is -2.65. The lowest BCUT2D eigenvalue weighted by Gasteiger charge is -2.48.